The highest BCUT2D eigenvalue weighted by Crippen LogP contribution is 1.89. The second-order valence-corrected chi connectivity index (χ2v) is 9.10. The van der Waals surface area contributed by atoms with E-state index in [9.17, 15) is 33.7 Å². The third-order valence-corrected chi connectivity index (χ3v) is 5.36. The SMILES string of the molecule is O=S(=O)(O)CS(=O)(=O)O.O=S(=O)(O)CS(=O)(=O)O. The van der Waals surface area contributed by atoms with Crippen LogP contribution in [0.4, 0.5) is 0 Å². The predicted octanol–water partition coefficient (Wildman–Crippen LogP) is -2.56. The summed E-state index contributed by atoms with van der Waals surface area (Å²) in [5, 5.41) is -3.31. The molecular weight excluding hydrogens is 344 g/mol. The molecule has 0 saturated heterocycles. The zero-order valence-corrected chi connectivity index (χ0v) is 11.4. The minimum Gasteiger partial charge on any atom is -0.285 e. The van der Waals surface area contributed by atoms with Gasteiger partial charge in [-0.05, 0) is 0 Å². The van der Waals surface area contributed by atoms with E-state index in [1.54, 1.807) is 0 Å². The van der Waals surface area contributed by atoms with Crippen molar-refractivity contribution in [1.29, 1.82) is 0 Å². The summed E-state index contributed by atoms with van der Waals surface area (Å²) < 4.78 is 108. The van der Waals surface area contributed by atoms with Crippen LogP contribution in [0.3, 0.4) is 0 Å². The molecular formula is C2H8O12S4. The lowest BCUT2D eigenvalue weighted by Crippen LogP contribution is -2.13. The maximum atomic E-state index is 9.66. The summed E-state index contributed by atoms with van der Waals surface area (Å²) in [7, 11) is -18.5. The van der Waals surface area contributed by atoms with Gasteiger partial charge in [0.05, 0.1) is 0 Å². The zero-order valence-electron chi connectivity index (χ0n) is 8.10. The molecule has 0 bridgehead atoms. The van der Waals surface area contributed by atoms with Gasteiger partial charge in [-0.15, -0.1) is 0 Å². The standard InChI is InChI=1S/2CH4O6S2/c2*2-8(3,4)1-9(5,6)7/h2*1H2,(H,2,3,4)(H,5,6,7). The van der Waals surface area contributed by atoms with E-state index >= 15 is 0 Å². The molecule has 4 N–H and O–H groups in total. The molecule has 0 aromatic rings. The van der Waals surface area contributed by atoms with Crippen LogP contribution in [-0.4, -0.2) is 62.1 Å². The van der Waals surface area contributed by atoms with Crippen molar-refractivity contribution in [2.45, 2.75) is 0 Å². The van der Waals surface area contributed by atoms with Gasteiger partial charge in [0.15, 0.2) is 0 Å². The van der Waals surface area contributed by atoms with E-state index in [1.807, 2.05) is 0 Å². The minimum absolute atomic E-state index is 1.65. The molecule has 0 aliphatic rings. The van der Waals surface area contributed by atoms with Crippen molar-refractivity contribution >= 4 is 40.5 Å². The summed E-state index contributed by atoms with van der Waals surface area (Å²) in [6.45, 7) is 0. The van der Waals surface area contributed by atoms with Crippen LogP contribution >= 0.6 is 0 Å². The van der Waals surface area contributed by atoms with Gasteiger partial charge in [-0.1, -0.05) is 0 Å². The molecule has 0 atom stereocenters. The van der Waals surface area contributed by atoms with E-state index in [0.717, 1.165) is 0 Å². The Bertz CT molecular complexity index is 534. The normalized spacial score (nSPS) is 13.6. The third kappa shape index (κ3) is 24.7. The molecule has 112 valence electrons. The quantitative estimate of drug-likeness (QED) is 0.384. The Morgan fingerprint density at radius 3 is 0.556 bits per heavy atom. The highest BCUT2D eigenvalue weighted by molar-refractivity contribution is 8.03. The van der Waals surface area contributed by atoms with Gasteiger partial charge >= 0.3 is 0 Å². The molecule has 0 aromatic carbocycles. The van der Waals surface area contributed by atoms with E-state index in [1.165, 1.54) is 0 Å². The topological polar surface area (TPSA) is 217 Å². The van der Waals surface area contributed by atoms with Crippen LogP contribution in [0, 0.1) is 0 Å². The highest BCUT2D eigenvalue weighted by atomic mass is 32.3. The highest BCUT2D eigenvalue weighted by Gasteiger charge is 2.16. The fourth-order valence-corrected chi connectivity index (χ4v) is 3.39. The monoisotopic (exact) mass is 352 g/mol. The molecule has 0 heterocycles. The Morgan fingerprint density at radius 1 is 0.444 bits per heavy atom. The van der Waals surface area contributed by atoms with Crippen LogP contribution < -0.4 is 0 Å². The number of hydrogen-bond donors (Lipinski definition) is 4. The molecule has 0 unspecified atom stereocenters. The first-order valence-corrected chi connectivity index (χ1v) is 9.65. The van der Waals surface area contributed by atoms with Gasteiger partial charge in [0.1, 0.15) is 0 Å². The summed E-state index contributed by atoms with van der Waals surface area (Å²) in [6.07, 6.45) is 0. The zero-order chi connectivity index (χ0) is 15.4. The Morgan fingerprint density at radius 2 is 0.556 bits per heavy atom. The third-order valence-electron chi connectivity index (χ3n) is 0.596. The molecule has 0 saturated carbocycles. The molecule has 0 aromatic heterocycles. The predicted molar refractivity (Wildman–Crippen MR) is 55.9 cm³/mol. The molecule has 18 heavy (non-hydrogen) atoms. The molecule has 0 spiro atoms. The van der Waals surface area contributed by atoms with Crippen LogP contribution in [0.15, 0.2) is 0 Å². The van der Waals surface area contributed by atoms with Gasteiger partial charge in [0, 0.05) is 0 Å². The molecule has 0 aliphatic heterocycles. The number of rotatable bonds is 4. The summed E-state index contributed by atoms with van der Waals surface area (Å²) in [6, 6.07) is 0. The smallest absolute Gasteiger partial charge is 0.281 e. The molecule has 0 rings (SSSR count). The van der Waals surface area contributed by atoms with E-state index in [4.69, 9.17) is 18.2 Å². The van der Waals surface area contributed by atoms with Gasteiger partial charge < -0.3 is 0 Å². The average Bonchev–Trinajstić information content (AvgIpc) is 1.64. The largest absolute Gasteiger partial charge is 0.285 e. The van der Waals surface area contributed by atoms with Crippen LogP contribution in [0.2, 0.25) is 0 Å². The first-order chi connectivity index (χ1) is 7.41. The maximum absolute atomic E-state index is 9.66. The van der Waals surface area contributed by atoms with Gasteiger partial charge in [0.2, 0.25) is 10.2 Å². The van der Waals surface area contributed by atoms with Crippen molar-refractivity contribution in [3.8, 4) is 0 Å². The van der Waals surface area contributed by atoms with Crippen molar-refractivity contribution in [3.63, 3.8) is 0 Å². The second-order valence-electron chi connectivity index (χ2n) is 2.56. The van der Waals surface area contributed by atoms with Crippen molar-refractivity contribution in [2.24, 2.45) is 0 Å². The average molecular weight is 352 g/mol. The molecule has 12 nitrogen and oxygen atoms in total. The first-order valence-electron chi connectivity index (χ1n) is 3.22. The lowest BCUT2D eigenvalue weighted by Gasteiger charge is -1.89. The van der Waals surface area contributed by atoms with Crippen molar-refractivity contribution in [2.75, 3.05) is 10.2 Å². The molecule has 0 radical (unpaired) electrons. The molecule has 16 heteroatoms. The van der Waals surface area contributed by atoms with Crippen molar-refractivity contribution in [3.05, 3.63) is 0 Å². The first kappa shape index (κ1) is 20.0. The van der Waals surface area contributed by atoms with Crippen LogP contribution in [0.25, 0.3) is 0 Å². The lowest BCUT2D eigenvalue weighted by atomic mass is 11.9. The van der Waals surface area contributed by atoms with Crippen LogP contribution in [-0.2, 0) is 40.5 Å². The minimum atomic E-state index is -4.62. The Balaban J connectivity index is 0. The molecule has 0 amide bonds. The Hall–Kier alpha value is -0.360. The fraction of sp³-hybridized carbons (Fsp3) is 1.00. The molecule has 0 fully saturated rings. The fourth-order valence-electron chi connectivity index (χ4n) is 0.376. The Labute approximate surface area is 103 Å². The van der Waals surface area contributed by atoms with Gasteiger partial charge in [-0.2, -0.15) is 33.7 Å². The van der Waals surface area contributed by atoms with Gasteiger partial charge in [-0.25, -0.2) is 0 Å². The summed E-state index contributed by atoms with van der Waals surface area (Å²) >= 11 is 0. The van der Waals surface area contributed by atoms with E-state index in [-0.39, 0.29) is 0 Å². The van der Waals surface area contributed by atoms with Crippen LogP contribution in [0.5, 0.6) is 0 Å². The number of hydrogen-bond acceptors (Lipinski definition) is 8. The van der Waals surface area contributed by atoms with E-state index in [0.29, 0.717) is 0 Å². The molecule has 0 aliphatic carbocycles. The van der Waals surface area contributed by atoms with Crippen molar-refractivity contribution in [1.82, 2.24) is 0 Å². The summed E-state index contributed by atoms with van der Waals surface area (Å²) in [4.78, 5) is 0. The van der Waals surface area contributed by atoms with Gasteiger partial charge in [-0.3, -0.25) is 18.2 Å². The van der Waals surface area contributed by atoms with E-state index < -0.39 is 50.6 Å². The van der Waals surface area contributed by atoms with Gasteiger partial charge in [0.25, 0.3) is 40.5 Å². The maximum Gasteiger partial charge on any atom is 0.281 e. The lowest BCUT2D eigenvalue weighted by molar-refractivity contribution is 0.467. The van der Waals surface area contributed by atoms with E-state index in [2.05, 4.69) is 0 Å². The summed E-state index contributed by atoms with van der Waals surface area (Å²) in [5.41, 5.74) is 0. The van der Waals surface area contributed by atoms with Crippen LogP contribution in [0.1, 0.15) is 0 Å². The second kappa shape index (κ2) is 6.19. The summed E-state index contributed by atoms with van der Waals surface area (Å²) in [5.74, 6) is 0. The van der Waals surface area contributed by atoms with Crippen molar-refractivity contribution < 1.29 is 51.9 Å². The Kier molecular flexibility index (Phi) is 6.87.